The SMILES string of the molecule is CCCC(=O)N1c2ccccc2NC2=CCCC(=O)[C@@H]2[C@@H]1c1cccc(Br)c1. The number of halogens is 1. The van der Waals surface area contributed by atoms with E-state index in [2.05, 4.69) is 27.3 Å². The maximum absolute atomic E-state index is 13.3. The summed E-state index contributed by atoms with van der Waals surface area (Å²) >= 11 is 3.55. The Bertz CT molecular complexity index is 953. The molecule has 5 heteroatoms. The molecule has 0 aromatic heterocycles. The molecule has 0 fully saturated rings. The molecule has 1 N–H and O–H groups in total. The van der Waals surface area contributed by atoms with Crippen LogP contribution in [0.15, 0.2) is 64.8 Å². The van der Waals surface area contributed by atoms with E-state index in [9.17, 15) is 9.59 Å². The Morgan fingerprint density at radius 3 is 2.82 bits per heavy atom. The zero-order chi connectivity index (χ0) is 19.7. The maximum Gasteiger partial charge on any atom is 0.227 e. The molecule has 0 saturated heterocycles. The Morgan fingerprint density at radius 1 is 1.21 bits per heavy atom. The highest BCUT2D eigenvalue weighted by molar-refractivity contribution is 9.10. The fourth-order valence-electron chi connectivity index (χ4n) is 4.20. The molecule has 4 rings (SSSR count). The van der Waals surface area contributed by atoms with E-state index < -0.39 is 5.92 Å². The molecule has 2 atom stereocenters. The largest absolute Gasteiger partial charge is 0.357 e. The molecule has 0 spiro atoms. The van der Waals surface area contributed by atoms with Crippen LogP contribution in [0.2, 0.25) is 0 Å². The highest BCUT2D eigenvalue weighted by atomic mass is 79.9. The summed E-state index contributed by atoms with van der Waals surface area (Å²) in [6.45, 7) is 2.01. The fraction of sp³-hybridized carbons (Fsp3) is 0.304. The molecule has 0 radical (unpaired) electrons. The summed E-state index contributed by atoms with van der Waals surface area (Å²) in [7, 11) is 0. The van der Waals surface area contributed by atoms with E-state index in [0.29, 0.717) is 12.8 Å². The van der Waals surface area contributed by atoms with Gasteiger partial charge in [0.1, 0.15) is 5.78 Å². The Hall–Kier alpha value is -2.40. The van der Waals surface area contributed by atoms with Gasteiger partial charge in [0.05, 0.1) is 23.3 Å². The van der Waals surface area contributed by atoms with Gasteiger partial charge < -0.3 is 10.2 Å². The van der Waals surface area contributed by atoms with E-state index in [4.69, 9.17) is 0 Å². The van der Waals surface area contributed by atoms with Gasteiger partial charge in [0.15, 0.2) is 0 Å². The van der Waals surface area contributed by atoms with Crippen LogP contribution in [0.4, 0.5) is 11.4 Å². The highest BCUT2D eigenvalue weighted by Gasteiger charge is 2.43. The Kier molecular flexibility index (Phi) is 5.36. The molecule has 0 unspecified atom stereocenters. The number of carbonyl (C=O) groups is 2. The second-order valence-corrected chi connectivity index (χ2v) is 8.21. The van der Waals surface area contributed by atoms with Gasteiger partial charge in [-0.3, -0.25) is 9.59 Å². The minimum absolute atomic E-state index is 0.0429. The van der Waals surface area contributed by atoms with Crippen molar-refractivity contribution >= 4 is 39.0 Å². The number of amides is 1. The van der Waals surface area contributed by atoms with Crippen LogP contribution in [0.3, 0.4) is 0 Å². The fourth-order valence-corrected chi connectivity index (χ4v) is 4.62. The van der Waals surface area contributed by atoms with Crippen molar-refractivity contribution in [1.29, 1.82) is 0 Å². The van der Waals surface area contributed by atoms with E-state index in [-0.39, 0.29) is 17.7 Å². The van der Waals surface area contributed by atoms with Crippen molar-refractivity contribution in [2.45, 2.75) is 38.6 Å². The standard InChI is InChI=1S/C23H23BrN2O2/c1-2-7-21(28)26-19-12-4-3-10-17(19)25-18-11-6-13-20(27)22(18)23(26)15-8-5-9-16(24)14-15/h3-5,8-12,14,22-23,25H,2,6-7,13H2,1H3/t22-,23+/m1/s1. The predicted octanol–water partition coefficient (Wildman–Crippen LogP) is 5.61. The summed E-state index contributed by atoms with van der Waals surface area (Å²) in [5, 5.41) is 3.47. The minimum Gasteiger partial charge on any atom is -0.357 e. The highest BCUT2D eigenvalue weighted by Crippen LogP contribution is 2.46. The molecular formula is C23H23BrN2O2. The number of Topliss-reactive ketones (excluding diaryl/α,β-unsaturated/α-hetero) is 1. The molecule has 1 amide bonds. The van der Waals surface area contributed by atoms with Crippen molar-refractivity contribution in [3.05, 3.63) is 70.3 Å². The summed E-state index contributed by atoms with van der Waals surface area (Å²) in [6.07, 6.45) is 4.55. The van der Waals surface area contributed by atoms with Crippen LogP contribution in [-0.2, 0) is 9.59 Å². The van der Waals surface area contributed by atoms with E-state index in [0.717, 1.165) is 39.9 Å². The van der Waals surface area contributed by atoms with Crippen molar-refractivity contribution < 1.29 is 9.59 Å². The summed E-state index contributed by atoms with van der Waals surface area (Å²) in [5.74, 6) is -0.172. The summed E-state index contributed by atoms with van der Waals surface area (Å²) in [5.41, 5.74) is 3.56. The molecule has 2 aromatic rings. The van der Waals surface area contributed by atoms with Gasteiger partial charge in [0, 0.05) is 23.0 Å². The third-order valence-electron chi connectivity index (χ3n) is 5.40. The van der Waals surface area contributed by atoms with Crippen LogP contribution in [-0.4, -0.2) is 11.7 Å². The first-order chi connectivity index (χ1) is 13.6. The molecule has 1 heterocycles. The van der Waals surface area contributed by atoms with Crippen molar-refractivity contribution in [1.82, 2.24) is 0 Å². The van der Waals surface area contributed by atoms with Gasteiger partial charge >= 0.3 is 0 Å². The van der Waals surface area contributed by atoms with Gasteiger partial charge in [-0.25, -0.2) is 0 Å². The molecular weight excluding hydrogens is 416 g/mol. The molecule has 1 aliphatic carbocycles. The zero-order valence-electron chi connectivity index (χ0n) is 15.8. The third kappa shape index (κ3) is 3.39. The minimum atomic E-state index is -0.392. The first-order valence-electron chi connectivity index (χ1n) is 9.76. The van der Waals surface area contributed by atoms with Crippen molar-refractivity contribution in [3.8, 4) is 0 Å². The average Bonchev–Trinajstić information content (AvgIpc) is 2.83. The molecule has 1 aliphatic heterocycles. The van der Waals surface area contributed by atoms with Gasteiger partial charge in [-0.1, -0.05) is 53.2 Å². The third-order valence-corrected chi connectivity index (χ3v) is 5.89. The number of carbonyl (C=O) groups excluding carboxylic acids is 2. The number of fused-ring (bicyclic) bond motifs is 2. The van der Waals surface area contributed by atoms with Gasteiger partial charge in [-0.05, 0) is 42.7 Å². The average molecular weight is 439 g/mol. The van der Waals surface area contributed by atoms with Crippen LogP contribution in [0, 0.1) is 5.92 Å². The molecule has 2 aromatic carbocycles. The van der Waals surface area contributed by atoms with Crippen LogP contribution < -0.4 is 10.2 Å². The van der Waals surface area contributed by atoms with Crippen LogP contribution >= 0.6 is 15.9 Å². The van der Waals surface area contributed by atoms with Crippen molar-refractivity contribution in [3.63, 3.8) is 0 Å². The summed E-state index contributed by atoms with van der Waals surface area (Å²) in [4.78, 5) is 28.3. The lowest BCUT2D eigenvalue weighted by atomic mass is 9.81. The second-order valence-electron chi connectivity index (χ2n) is 7.30. The number of allylic oxidation sites excluding steroid dienone is 1. The first-order valence-corrected chi connectivity index (χ1v) is 10.6. The normalized spacial score (nSPS) is 21.1. The number of hydrogen-bond acceptors (Lipinski definition) is 3. The molecule has 144 valence electrons. The van der Waals surface area contributed by atoms with E-state index in [1.54, 1.807) is 0 Å². The maximum atomic E-state index is 13.3. The van der Waals surface area contributed by atoms with Crippen LogP contribution in [0.5, 0.6) is 0 Å². The van der Waals surface area contributed by atoms with Crippen LogP contribution in [0.1, 0.15) is 44.2 Å². The van der Waals surface area contributed by atoms with E-state index in [1.165, 1.54) is 0 Å². The number of ketones is 1. The summed E-state index contributed by atoms with van der Waals surface area (Å²) in [6, 6.07) is 15.4. The summed E-state index contributed by atoms with van der Waals surface area (Å²) < 4.78 is 0.937. The topological polar surface area (TPSA) is 49.4 Å². The molecule has 0 bridgehead atoms. The lowest BCUT2D eigenvalue weighted by Gasteiger charge is -2.36. The number of para-hydroxylation sites is 2. The monoisotopic (exact) mass is 438 g/mol. The van der Waals surface area contributed by atoms with Gasteiger partial charge in [-0.15, -0.1) is 0 Å². The number of benzene rings is 2. The van der Waals surface area contributed by atoms with E-state index >= 15 is 0 Å². The predicted molar refractivity (Wildman–Crippen MR) is 115 cm³/mol. The molecule has 2 aliphatic rings. The van der Waals surface area contributed by atoms with E-state index in [1.807, 2.05) is 60.4 Å². The van der Waals surface area contributed by atoms with Crippen molar-refractivity contribution in [2.24, 2.45) is 5.92 Å². The molecule has 4 nitrogen and oxygen atoms in total. The second kappa shape index (κ2) is 7.92. The number of anilines is 2. The Morgan fingerprint density at radius 2 is 2.04 bits per heavy atom. The smallest absolute Gasteiger partial charge is 0.227 e. The first kappa shape index (κ1) is 18.9. The Balaban J connectivity index is 1.97. The lowest BCUT2D eigenvalue weighted by molar-refractivity contribution is -0.123. The molecule has 28 heavy (non-hydrogen) atoms. The van der Waals surface area contributed by atoms with Gasteiger partial charge in [-0.2, -0.15) is 0 Å². The van der Waals surface area contributed by atoms with Gasteiger partial charge in [0.2, 0.25) is 5.91 Å². The quantitative estimate of drug-likeness (QED) is 0.676. The zero-order valence-corrected chi connectivity index (χ0v) is 17.4. The van der Waals surface area contributed by atoms with Crippen molar-refractivity contribution in [2.75, 3.05) is 10.2 Å². The number of rotatable bonds is 3. The number of hydrogen-bond donors (Lipinski definition) is 1. The lowest BCUT2D eigenvalue weighted by Crippen LogP contribution is -2.41. The molecule has 0 saturated carbocycles. The van der Waals surface area contributed by atoms with Gasteiger partial charge in [0.25, 0.3) is 0 Å². The van der Waals surface area contributed by atoms with Crippen LogP contribution in [0.25, 0.3) is 0 Å². The number of nitrogens with zero attached hydrogens (tertiary/aromatic N) is 1. The number of nitrogens with one attached hydrogen (secondary N) is 1. The Labute approximate surface area is 173 Å².